The summed E-state index contributed by atoms with van der Waals surface area (Å²) in [5.41, 5.74) is 2.11. The second-order valence-electron chi connectivity index (χ2n) is 8.43. The Hall–Kier alpha value is -2.59. The van der Waals surface area contributed by atoms with Gasteiger partial charge in [0.05, 0.1) is 21.2 Å². The SMILES string of the molecule is O=S(=O)(c1ccccc1)N1CCC(N2CCc3noc(-c4cc(Cl)c(O)cc4O)c3C2)CC1. The lowest BCUT2D eigenvalue weighted by Gasteiger charge is -2.39. The Balaban J connectivity index is 1.31. The van der Waals surface area contributed by atoms with Crippen molar-refractivity contribution in [2.45, 2.75) is 36.7 Å². The van der Waals surface area contributed by atoms with Gasteiger partial charge in [-0.3, -0.25) is 4.90 Å². The van der Waals surface area contributed by atoms with Crippen LogP contribution in [-0.2, 0) is 23.0 Å². The molecule has 0 radical (unpaired) electrons. The highest BCUT2D eigenvalue weighted by Gasteiger charge is 2.34. The van der Waals surface area contributed by atoms with E-state index in [2.05, 4.69) is 10.1 Å². The minimum atomic E-state index is -3.48. The summed E-state index contributed by atoms with van der Waals surface area (Å²) in [6.07, 6.45) is 2.17. The van der Waals surface area contributed by atoms with Crippen molar-refractivity contribution in [3.8, 4) is 22.8 Å². The predicted molar refractivity (Wildman–Crippen MR) is 123 cm³/mol. The number of aromatic hydroxyl groups is 2. The summed E-state index contributed by atoms with van der Waals surface area (Å²) in [7, 11) is -3.48. The summed E-state index contributed by atoms with van der Waals surface area (Å²) < 4.78 is 33.0. The number of piperidine rings is 1. The quantitative estimate of drug-likeness (QED) is 0.576. The third-order valence-corrected chi connectivity index (χ3v) is 8.71. The first kappa shape index (κ1) is 22.2. The zero-order chi connectivity index (χ0) is 23.2. The van der Waals surface area contributed by atoms with E-state index in [4.69, 9.17) is 16.1 Å². The molecule has 3 heterocycles. The maximum atomic E-state index is 12.9. The zero-order valence-electron chi connectivity index (χ0n) is 17.8. The lowest BCUT2D eigenvalue weighted by Crippen LogP contribution is -2.48. The highest BCUT2D eigenvalue weighted by atomic mass is 35.5. The molecule has 1 saturated heterocycles. The number of hydrogen-bond acceptors (Lipinski definition) is 7. The van der Waals surface area contributed by atoms with Crippen molar-refractivity contribution in [1.82, 2.24) is 14.4 Å². The molecule has 0 unspecified atom stereocenters. The molecule has 0 aliphatic carbocycles. The molecule has 0 atom stereocenters. The molecule has 33 heavy (non-hydrogen) atoms. The number of hydrogen-bond donors (Lipinski definition) is 2. The zero-order valence-corrected chi connectivity index (χ0v) is 19.4. The van der Waals surface area contributed by atoms with Crippen LogP contribution in [0.1, 0.15) is 24.1 Å². The maximum absolute atomic E-state index is 12.9. The maximum Gasteiger partial charge on any atom is 0.243 e. The lowest BCUT2D eigenvalue weighted by atomic mass is 9.97. The molecule has 0 amide bonds. The Bertz CT molecular complexity index is 1270. The van der Waals surface area contributed by atoms with Gasteiger partial charge >= 0.3 is 0 Å². The van der Waals surface area contributed by atoms with Crippen molar-refractivity contribution in [1.29, 1.82) is 0 Å². The van der Waals surface area contributed by atoms with Crippen LogP contribution in [0.2, 0.25) is 5.02 Å². The molecule has 0 saturated carbocycles. The van der Waals surface area contributed by atoms with Crippen molar-refractivity contribution >= 4 is 21.6 Å². The fourth-order valence-electron chi connectivity index (χ4n) is 4.68. The van der Waals surface area contributed by atoms with Crippen molar-refractivity contribution < 1.29 is 23.2 Å². The number of nitrogens with zero attached hydrogens (tertiary/aromatic N) is 3. The van der Waals surface area contributed by atoms with E-state index in [1.165, 1.54) is 12.1 Å². The Kier molecular flexibility index (Phi) is 5.82. The molecule has 5 rings (SSSR count). The molecular formula is C23H24ClN3O5S. The molecule has 2 aliphatic heterocycles. The van der Waals surface area contributed by atoms with Crippen LogP contribution in [0.4, 0.5) is 0 Å². The number of benzene rings is 2. The highest BCUT2D eigenvalue weighted by Crippen LogP contribution is 2.41. The molecule has 174 valence electrons. The number of phenols is 2. The number of fused-ring (bicyclic) bond motifs is 1. The van der Waals surface area contributed by atoms with Gasteiger partial charge in [-0.1, -0.05) is 35.0 Å². The summed E-state index contributed by atoms with van der Waals surface area (Å²) in [5.74, 6) is 0.107. The normalized spacial score (nSPS) is 18.3. The number of halogens is 1. The Morgan fingerprint density at radius 1 is 1.03 bits per heavy atom. The fourth-order valence-corrected chi connectivity index (χ4v) is 6.33. The molecule has 10 heteroatoms. The molecule has 0 spiro atoms. The average molecular weight is 490 g/mol. The van der Waals surface area contributed by atoms with E-state index in [0.29, 0.717) is 42.3 Å². The van der Waals surface area contributed by atoms with Crippen LogP contribution in [0, 0.1) is 0 Å². The van der Waals surface area contributed by atoms with Gasteiger partial charge in [-0.05, 0) is 31.0 Å². The molecule has 1 aromatic heterocycles. The topological polar surface area (TPSA) is 107 Å². The van der Waals surface area contributed by atoms with Crippen molar-refractivity contribution in [2.24, 2.45) is 0 Å². The largest absolute Gasteiger partial charge is 0.507 e. The van der Waals surface area contributed by atoms with E-state index < -0.39 is 10.0 Å². The van der Waals surface area contributed by atoms with Gasteiger partial charge in [-0.15, -0.1) is 0 Å². The van der Waals surface area contributed by atoms with Crippen LogP contribution in [0.5, 0.6) is 11.5 Å². The third kappa shape index (κ3) is 4.10. The Morgan fingerprint density at radius 3 is 2.48 bits per heavy atom. The minimum absolute atomic E-state index is 0.118. The monoisotopic (exact) mass is 489 g/mol. The van der Waals surface area contributed by atoms with Gasteiger partial charge in [0.25, 0.3) is 0 Å². The molecule has 2 aromatic carbocycles. The van der Waals surface area contributed by atoms with Gasteiger partial charge in [0.15, 0.2) is 5.76 Å². The smallest absolute Gasteiger partial charge is 0.243 e. The first-order valence-corrected chi connectivity index (χ1v) is 12.6. The number of rotatable bonds is 4. The molecule has 2 N–H and O–H groups in total. The van der Waals surface area contributed by atoms with Gasteiger partial charge in [-0.2, -0.15) is 4.31 Å². The summed E-state index contributed by atoms with van der Waals surface area (Å²) in [6, 6.07) is 11.4. The van der Waals surface area contributed by atoms with Gasteiger partial charge in [0.1, 0.15) is 11.5 Å². The van der Waals surface area contributed by atoms with Gasteiger partial charge in [0, 0.05) is 50.3 Å². The van der Waals surface area contributed by atoms with Crippen LogP contribution in [0.15, 0.2) is 51.9 Å². The lowest BCUT2D eigenvalue weighted by molar-refractivity contribution is 0.126. The van der Waals surface area contributed by atoms with Crippen LogP contribution in [0.3, 0.4) is 0 Å². The number of aromatic nitrogens is 1. The van der Waals surface area contributed by atoms with E-state index in [-0.39, 0.29) is 22.6 Å². The summed E-state index contributed by atoms with van der Waals surface area (Å²) in [6.45, 7) is 2.33. The number of sulfonamides is 1. The minimum Gasteiger partial charge on any atom is -0.507 e. The molecule has 1 fully saturated rings. The second-order valence-corrected chi connectivity index (χ2v) is 10.8. The van der Waals surface area contributed by atoms with Gasteiger partial charge in [-0.25, -0.2) is 8.42 Å². The van der Waals surface area contributed by atoms with Crippen LogP contribution in [-0.4, -0.2) is 58.7 Å². The predicted octanol–water partition coefficient (Wildman–Crippen LogP) is 3.62. The standard InChI is InChI=1S/C23H24ClN3O5S/c24-19-12-17(21(28)13-22(19)29)23-18-14-26(9-8-20(18)25-32-23)15-6-10-27(11-7-15)33(30,31)16-4-2-1-3-5-16/h1-5,12-13,15,28-29H,6-11,14H2. The second kappa shape index (κ2) is 8.64. The fraction of sp³-hybridized carbons (Fsp3) is 0.348. The summed E-state index contributed by atoms with van der Waals surface area (Å²) in [5, 5.41) is 24.3. The van der Waals surface area contributed by atoms with Gasteiger partial charge in [0.2, 0.25) is 10.0 Å². The van der Waals surface area contributed by atoms with E-state index >= 15 is 0 Å². The van der Waals surface area contributed by atoms with E-state index in [1.807, 2.05) is 0 Å². The first-order chi connectivity index (χ1) is 15.8. The van der Waals surface area contributed by atoms with E-state index in [9.17, 15) is 18.6 Å². The highest BCUT2D eigenvalue weighted by molar-refractivity contribution is 7.89. The molecule has 3 aromatic rings. The van der Waals surface area contributed by atoms with E-state index in [0.717, 1.165) is 30.6 Å². The van der Waals surface area contributed by atoms with E-state index in [1.54, 1.807) is 34.6 Å². The van der Waals surface area contributed by atoms with Crippen LogP contribution < -0.4 is 0 Å². The molecule has 0 bridgehead atoms. The van der Waals surface area contributed by atoms with Crippen molar-refractivity contribution in [2.75, 3.05) is 19.6 Å². The third-order valence-electron chi connectivity index (χ3n) is 6.50. The molecular weight excluding hydrogens is 466 g/mol. The van der Waals surface area contributed by atoms with Crippen LogP contribution >= 0.6 is 11.6 Å². The first-order valence-electron chi connectivity index (χ1n) is 10.8. The number of phenolic OH excluding ortho intramolecular Hbond substituents is 2. The summed E-state index contributed by atoms with van der Waals surface area (Å²) >= 11 is 6.04. The molecule has 2 aliphatic rings. The van der Waals surface area contributed by atoms with Crippen LogP contribution in [0.25, 0.3) is 11.3 Å². The molecule has 8 nitrogen and oxygen atoms in total. The summed E-state index contributed by atoms with van der Waals surface area (Å²) in [4.78, 5) is 2.65. The van der Waals surface area contributed by atoms with Crippen molar-refractivity contribution in [3.63, 3.8) is 0 Å². The Labute approximate surface area is 197 Å². The van der Waals surface area contributed by atoms with Crippen molar-refractivity contribution in [3.05, 3.63) is 58.7 Å². The van der Waals surface area contributed by atoms with Gasteiger partial charge < -0.3 is 14.7 Å². The average Bonchev–Trinajstić information content (AvgIpc) is 3.25. The Morgan fingerprint density at radius 2 is 1.76 bits per heavy atom.